The maximum atomic E-state index is 13.1. The molecule has 0 aliphatic heterocycles. The molecular formula is C20H17ClN2O3. The van der Waals surface area contributed by atoms with Gasteiger partial charge in [0, 0.05) is 16.5 Å². The molecule has 4 rings (SSSR count). The van der Waals surface area contributed by atoms with E-state index in [1.807, 2.05) is 44.2 Å². The Labute approximate surface area is 154 Å². The van der Waals surface area contributed by atoms with Crippen LogP contribution >= 0.6 is 11.6 Å². The van der Waals surface area contributed by atoms with Crippen molar-refractivity contribution in [1.82, 2.24) is 9.13 Å². The lowest BCUT2D eigenvalue weighted by atomic mass is 10.2. The lowest BCUT2D eigenvalue weighted by Crippen LogP contribution is -2.41. The van der Waals surface area contributed by atoms with E-state index in [2.05, 4.69) is 0 Å². The summed E-state index contributed by atoms with van der Waals surface area (Å²) in [5, 5.41) is 1.38. The van der Waals surface area contributed by atoms with Crippen molar-refractivity contribution >= 4 is 33.7 Å². The van der Waals surface area contributed by atoms with E-state index >= 15 is 0 Å². The Morgan fingerprint density at radius 3 is 2.42 bits per heavy atom. The van der Waals surface area contributed by atoms with E-state index in [1.54, 1.807) is 22.8 Å². The van der Waals surface area contributed by atoms with Gasteiger partial charge < -0.3 is 4.42 Å². The predicted octanol–water partition coefficient (Wildman–Crippen LogP) is 4.19. The molecule has 2 aromatic heterocycles. The standard InChI is InChI=1S/C20H17ClN2O3/c1-12(2)23-19(24)18-17(15-5-3-4-6-16(15)26-18)22(20(23)25)11-13-7-9-14(21)10-8-13/h3-10,12H,11H2,1-2H3. The number of furan rings is 1. The molecule has 0 spiro atoms. The van der Waals surface area contributed by atoms with Crippen molar-refractivity contribution in [1.29, 1.82) is 0 Å². The van der Waals surface area contributed by atoms with Crippen LogP contribution in [0.2, 0.25) is 5.02 Å². The van der Waals surface area contributed by atoms with Gasteiger partial charge in [-0.3, -0.25) is 13.9 Å². The molecule has 0 saturated heterocycles. The molecule has 0 aliphatic carbocycles. The zero-order valence-corrected chi connectivity index (χ0v) is 15.2. The smallest absolute Gasteiger partial charge is 0.332 e. The van der Waals surface area contributed by atoms with Gasteiger partial charge in [-0.15, -0.1) is 0 Å². The summed E-state index contributed by atoms with van der Waals surface area (Å²) < 4.78 is 8.65. The van der Waals surface area contributed by atoms with Gasteiger partial charge in [0.05, 0.1) is 6.54 Å². The third-order valence-electron chi connectivity index (χ3n) is 4.46. The molecule has 2 aromatic carbocycles. The van der Waals surface area contributed by atoms with Crippen molar-refractivity contribution in [2.24, 2.45) is 0 Å². The van der Waals surface area contributed by atoms with Crippen molar-refractivity contribution < 1.29 is 4.42 Å². The van der Waals surface area contributed by atoms with E-state index in [-0.39, 0.29) is 17.3 Å². The molecule has 2 heterocycles. The van der Waals surface area contributed by atoms with Crippen LogP contribution in [0.3, 0.4) is 0 Å². The molecule has 0 amide bonds. The van der Waals surface area contributed by atoms with Crippen LogP contribution in [0, 0.1) is 0 Å². The number of hydrogen-bond donors (Lipinski definition) is 0. The number of benzene rings is 2. The number of aromatic nitrogens is 2. The summed E-state index contributed by atoms with van der Waals surface area (Å²) in [6.45, 7) is 3.94. The minimum atomic E-state index is -0.399. The van der Waals surface area contributed by atoms with E-state index in [0.29, 0.717) is 22.7 Å². The first-order valence-corrected chi connectivity index (χ1v) is 8.76. The van der Waals surface area contributed by atoms with Crippen molar-refractivity contribution in [2.45, 2.75) is 26.4 Å². The fraction of sp³-hybridized carbons (Fsp3) is 0.200. The van der Waals surface area contributed by atoms with Gasteiger partial charge in [-0.1, -0.05) is 35.9 Å². The van der Waals surface area contributed by atoms with Gasteiger partial charge in [-0.25, -0.2) is 4.79 Å². The summed E-state index contributed by atoms with van der Waals surface area (Å²) in [7, 11) is 0. The van der Waals surface area contributed by atoms with Crippen LogP contribution in [-0.4, -0.2) is 9.13 Å². The van der Waals surface area contributed by atoms with Crippen LogP contribution in [0.25, 0.3) is 22.1 Å². The van der Waals surface area contributed by atoms with Gasteiger partial charge in [0.1, 0.15) is 11.1 Å². The van der Waals surface area contributed by atoms with Crippen molar-refractivity contribution in [3.05, 3.63) is 80.0 Å². The molecule has 0 bridgehead atoms. The number of hydrogen-bond acceptors (Lipinski definition) is 3. The third-order valence-corrected chi connectivity index (χ3v) is 4.71. The second-order valence-electron chi connectivity index (χ2n) is 6.54. The highest BCUT2D eigenvalue weighted by atomic mass is 35.5. The van der Waals surface area contributed by atoms with E-state index < -0.39 is 5.56 Å². The number of halogens is 1. The van der Waals surface area contributed by atoms with Gasteiger partial charge >= 0.3 is 5.69 Å². The molecule has 0 aliphatic rings. The Morgan fingerprint density at radius 1 is 1.04 bits per heavy atom. The SMILES string of the molecule is CC(C)n1c(=O)c2oc3ccccc3c2n(Cc2ccc(Cl)cc2)c1=O. The Balaban J connectivity index is 2.10. The predicted molar refractivity (Wildman–Crippen MR) is 103 cm³/mol. The summed E-state index contributed by atoms with van der Waals surface area (Å²) in [4.78, 5) is 26.0. The van der Waals surface area contributed by atoms with Crippen LogP contribution in [0.1, 0.15) is 25.5 Å². The molecule has 0 unspecified atom stereocenters. The second-order valence-corrected chi connectivity index (χ2v) is 6.98. The average Bonchev–Trinajstić information content (AvgIpc) is 3.00. The molecule has 0 radical (unpaired) electrons. The van der Waals surface area contributed by atoms with Gasteiger partial charge in [0.25, 0.3) is 5.56 Å². The normalized spacial score (nSPS) is 11.7. The first-order chi connectivity index (χ1) is 12.5. The fourth-order valence-electron chi connectivity index (χ4n) is 3.24. The number of nitrogens with zero attached hydrogens (tertiary/aromatic N) is 2. The number of fused-ring (bicyclic) bond motifs is 3. The van der Waals surface area contributed by atoms with E-state index in [0.717, 1.165) is 10.9 Å². The Morgan fingerprint density at radius 2 is 1.73 bits per heavy atom. The maximum Gasteiger partial charge on any atom is 0.332 e. The van der Waals surface area contributed by atoms with Crippen molar-refractivity contribution in [3.8, 4) is 0 Å². The monoisotopic (exact) mass is 368 g/mol. The van der Waals surface area contributed by atoms with Gasteiger partial charge in [-0.05, 0) is 43.7 Å². The molecular weight excluding hydrogens is 352 g/mol. The molecule has 6 heteroatoms. The van der Waals surface area contributed by atoms with E-state index in [4.69, 9.17) is 16.0 Å². The van der Waals surface area contributed by atoms with Crippen LogP contribution in [0.4, 0.5) is 0 Å². The molecule has 0 saturated carbocycles. The molecule has 5 nitrogen and oxygen atoms in total. The minimum Gasteiger partial charge on any atom is -0.449 e. The average molecular weight is 369 g/mol. The zero-order chi connectivity index (χ0) is 18.4. The number of para-hydroxylation sites is 1. The van der Waals surface area contributed by atoms with Crippen LogP contribution in [-0.2, 0) is 6.54 Å². The third kappa shape index (κ3) is 2.56. The molecule has 26 heavy (non-hydrogen) atoms. The highest BCUT2D eigenvalue weighted by Gasteiger charge is 2.21. The molecule has 0 atom stereocenters. The highest BCUT2D eigenvalue weighted by Crippen LogP contribution is 2.26. The first-order valence-electron chi connectivity index (χ1n) is 8.38. The maximum absolute atomic E-state index is 13.1. The van der Waals surface area contributed by atoms with Gasteiger partial charge in [0.15, 0.2) is 0 Å². The minimum absolute atomic E-state index is 0.202. The molecule has 4 aromatic rings. The summed E-state index contributed by atoms with van der Waals surface area (Å²) in [6, 6.07) is 14.4. The summed E-state index contributed by atoms with van der Waals surface area (Å²) in [6.07, 6.45) is 0. The highest BCUT2D eigenvalue weighted by molar-refractivity contribution is 6.30. The largest absolute Gasteiger partial charge is 0.449 e. The lowest BCUT2D eigenvalue weighted by molar-refractivity contribution is 0.513. The Hall–Kier alpha value is -2.79. The zero-order valence-electron chi connectivity index (χ0n) is 14.4. The molecule has 0 N–H and O–H groups in total. The van der Waals surface area contributed by atoms with Gasteiger partial charge in [0.2, 0.25) is 5.58 Å². The summed E-state index contributed by atoms with van der Waals surface area (Å²) in [5.41, 5.74) is 1.49. The van der Waals surface area contributed by atoms with Crippen LogP contribution in [0.5, 0.6) is 0 Å². The van der Waals surface area contributed by atoms with Crippen LogP contribution < -0.4 is 11.2 Å². The van der Waals surface area contributed by atoms with Gasteiger partial charge in [-0.2, -0.15) is 0 Å². The Kier molecular flexibility index (Phi) is 3.96. The topological polar surface area (TPSA) is 57.1 Å². The fourth-order valence-corrected chi connectivity index (χ4v) is 3.37. The quantitative estimate of drug-likeness (QED) is 0.544. The lowest BCUT2D eigenvalue weighted by Gasteiger charge is -2.14. The van der Waals surface area contributed by atoms with Crippen molar-refractivity contribution in [2.75, 3.05) is 0 Å². The summed E-state index contributed by atoms with van der Waals surface area (Å²) >= 11 is 5.96. The van der Waals surface area contributed by atoms with Crippen LogP contribution in [0.15, 0.2) is 62.5 Å². The molecule has 132 valence electrons. The van der Waals surface area contributed by atoms with E-state index in [1.165, 1.54) is 4.57 Å². The first kappa shape index (κ1) is 16.7. The van der Waals surface area contributed by atoms with E-state index in [9.17, 15) is 9.59 Å². The summed E-state index contributed by atoms with van der Waals surface area (Å²) in [5.74, 6) is 0. The van der Waals surface area contributed by atoms with Crippen molar-refractivity contribution in [3.63, 3.8) is 0 Å². The second kappa shape index (κ2) is 6.18. The molecule has 0 fully saturated rings. The number of rotatable bonds is 3. The Bertz CT molecular complexity index is 1230.